The largest absolute Gasteiger partial charge is 0.505 e. The van der Waals surface area contributed by atoms with E-state index in [0.717, 1.165) is 35.5 Å². The van der Waals surface area contributed by atoms with Crippen LogP contribution in [-0.4, -0.2) is 5.11 Å². The summed E-state index contributed by atoms with van der Waals surface area (Å²) < 4.78 is 0. The molecule has 3 N–H and O–H groups in total. The van der Waals surface area contributed by atoms with Gasteiger partial charge in [0.25, 0.3) is 0 Å². The predicted octanol–water partition coefficient (Wildman–Crippen LogP) is 5.91. The summed E-state index contributed by atoms with van der Waals surface area (Å²) in [5, 5.41) is 11.1. The topological polar surface area (TPSA) is 46.2 Å². The van der Waals surface area contributed by atoms with Gasteiger partial charge in [-0.15, -0.1) is 0 Å². The highest BCUT2D eigenvalue weighted by molar-refractivity contribution is 5.62. The molecule has 2 nitrogen and oxygen atoms in total. The Labute approximate surface area is 169 Å². The number of phenols is 1. The molecule has 9 rings (SSSR count). The highest BCUT2D eigenvalue weighted by Gasteiger charge is 2.55. The second kappa shape index (κ2) is 5.29. The second-order valence-electron chi connectivity index (χ2n) is 12.4. The molecule has 1 aromatic carbocycles. The molecule has 8 aliphatic carbocycles. The van der Waals surface area contributed by atoms with Gasteiger partial charge in [0.2, 0.25) is 0 Å². The molecule has 0 unspecified atom stereocenters. The van der Waals surface area contributed by atoms with Crippen LogP contribution in [0.15, 0.2) is 12.1 Å². The Balaban J connectivity index is 1.34. The average molecular weight is 378 g/mol. The Morgan fingerprint density at radius 3 is 1.46 bits per heavy atom. The molecule has 0 spiro atoms. The van der Waals surface area contributed by atoms with Gasteiger partial charge in [-0.3, -0.25) is 0 Å². The summed E-state index contributed by atoms with van der Waals surface area (Å²) in [6.07, 6.45) is 16.8. The molecule has 1 aromatic rings. The van der Waals surface area contributed by atoms with E-state index in [2.05, 4.69) is 12.1 Å². The first-order valence-corrected chi connectivity index (χ1v) is 12.1. The zero-order chi connectivity index (χ0) is 18.7. The Morgan fingerprint density at radius 2 is 1.04 bits per heavy atom. The molecule has 0 radical (unpaired) electrons. The van der Waals surface area contributed by atoms with Crippen molar-refractivity contribution in [3.63, 3.8) is 0 Å². The molecular weight excluding hydrogens is 342 g/mol. The maximum Gasteiger partial charge on any atom is 0.142 e. The molecule has 0 aromatic heterocycles. The first kappa shape index (κ1) is 16.6. The second-order valence-corrected chi connectivity index (χ2v) is 12.4. The molecule has 0 saturated heterocycles. The summed E-state index contributed by atoms with van der Waals surface area (Å²) in [6.45, 7) is 0. The van der Waals surface area contributed by atoms with E-state index in [1.807, 2.05) is 0 Å². The number of aromatic hydroxyl groups is 1. The van der Waals surface area contributed by atoms with E-state index < -0.39 is 0 Å². The van der Waals surface area contributed by atoms with Crippen molar-refractivity contribution < 1.29 is 5.11 Å². The van der Waals surface area contributed by atoms with Crippen LogP contribution in [-0.2, 0) is 10.8 Å². The fourth-order valence-corrected chi connectivity index (χ4v) is 10.3. The lowest BCUT2D eigenvalue weighted by Gasteiger charge is -2.58. The van der Waals surface area contributed by atoms with Crippen molar-refractivity contribution in [3.05, 3.63) is 23.3 Å². The van der Waals surface area contributed by atoms with Crippen LogP contribution in [0, 0.1) is 35.5 Å². The summed E-state index contributed by atoms with van der Waals surface area (Å²) in [4.78, 5) is 0. The van der Waals surface area contributed by atoms with Gasteiger partial charge in [0, 0.05) is 5.56 Å². The molecule has 0 amide bonds. The van der Waals surface area contributed by atoms with Crippen LogP contribution in [0.4, 0.5) is 5.69 Å². The Bertz CT molecular complexity index is 769. The standard InChI is InChI=1S/C26H35NO/c27-23-8-21(25-9-15-1-16(10-25)3-17(2-15)11-25)7-22(24(23)28)26-12-18-4-19(13-26)6-20(5-18)14-26/h7-8,15-20,28H,1-6,9-14,27H2. The Morgan fingerprint density at radius 1 is 0.643 bits per heavy atom. The third kappa shape index (κ3) is 2.16. The number of nitrogen functional groups attached to an aromatic ring is 1. The van der Waals surface area contributed by atoms with Gasteiger partial charge in [-0.2, -0.15) is 0 Å². The molecule has 2 heteroatoms. The van der Waals surface area contributed by atoms with Gasteiger partial charge in [0.05, 0.1) is 5.69 Å². The van der Waals surface area contributed by atoms with Gasteiger partial charge in [-0.05, 0) is 135 Å². The zero-order valence-corrected chi connectivity index (χ0v) is 17.1. The van der Waals surface area contributed by atoms with Gasteiger partial charge in [-0.1, -0.05) is 6.07 Å². The monoisotopic (exact) mass is 377 g/mol. The molecule has 0 atom stereocenters. The fourth-order valence-electron chi connectivity index (χ4n) is 10.3. The minimum absolute atomic E-state index is 0.227. The molecular formula is C26H35NO. The molecule has 0 aliphatic heterocycles. The highest BCUT2D eigenvalue weighted by atomic mass is 16.3. The van der Waals surface area contributed by atoms with Crippen molar-refractivity contribution in [2.45, 2.75) is 87.9 Å². The Kier molecular flexibility index (Phi) is 3.14. The van der Waals surface area contributed by atoms with E-state index in [-0.39, 0.29) is 5.41 Å². The van der Waals surface area contributed by atoms with Gasteiger partial charge in [0.15, 0.2) is 0 Å². The number of nitrogens with two attached hydrogens (primary N) is 1. The SMILES string of the molecule is Nc1cc(C23CC4CC(CC(C4)C2)C3)cc(C23CC4CC(CC(C4)C2)C3)c1O. The van der Waals surface area contributed by atoms with E-state index in [4.69, 9.17) is 5.73 Å². The van der Waals surface area contributed by atoms with Crippen LogP contribution in [0.3, 0.4) is 0 Å². The van der Waals surface area contributed by atoms with E-state index in [0.29, 0.717) is 16.9 Å². The fraction of sp³-hybridized carbons (Fsp3) is 0.769. The quantitative estimate of drug-likeness (QED) is 0.497. The number of rotatable bonds is 2. The van der Waals surface area contributed by atoms with Crippen molar-refractivity contribution in [2.24, 2.45) is 35.5 Å². The van der Waals surface area contributed by atoms with Crippen LogP contribution in [0.1, 0.15) is 88.2 Å². The van der Waals surface area contributed by atoms with Gasteiger partial charge < -0.3 is 10.8 Å². The van der Waals surface area contributed by atoms with Crippen molar-refractivity contribution in [1.29, 1.82) is 0 Å². The van der Waals surface area contributed by atoms with E-state index in [1.165, 1.54) is 88.2 Å². The maximum absolute atomic E-state index is 11.1. The summed E-state index contributed by atoms with van der Waals surface area (Å²) in [5.41, 5.74) is 10.5. The zero-order valence-electron chi connectivity index (χ0n) is 17.1. The van der Waals surface area contributed by atoms with Crippen LogP contribution in [0.5, 0.6) is 5.75 Å². The minimum Gasteiger partial charge on any atom is -0.505 e. The third-order valence-corrected chi connectivity index (χ3v) is 10.4. The maximum atomic E-state index is 11.1. The van der Waals surface area contributed by atoms with Crippen molar-refractivity contribution in [2.75, 3.05) is 5.73 Å². The Hall–Kier alpha value is -1.18. The molecule has 0 heterocycles. The van der Waals surface area contributed by atoms with Crippen molar-refractivity contribution >= 4 is 5.69 Å². The van der Waals surface area contributed by atoms with Crippen LogP contribution >= 0.6 is 0 Å². The summed E-state index contributed by atoms with van der Waals surface area (Å²) in [7, 11) is 0. The summed E-state index contributed by atoms with van der Waals surface area (Å²) in [5.74, 6) is 5.98. The lowest BCUT2D eigenvalue weighted by molar-refractivity contribution is -0.00891. The third-order valence-electron chi connectivity index (χ3n) is 10.4. The average Bonchev–Trinajstić information content (AvgIpc) is 2.61. The molecule has 8 aliphatic rings. The van der Waals surface area contributed by atoms with E-state index in [1.54, 1.807) is 0 Å². The lowest BCUT2D eigenvalue weighted by atomic mass is 9.46. The van der Waals surface area contributed by atoms with Crippen molar-refractivity contribution in [1.82, 2.24) is 0 Å². The number of benzene rings is 1. The van der Waals surface area contributed by atoms with Gasteiger partial charge in [-0.25, -0.2) is 0 Å². The molecule has 8 fully saturated rings. The van der Waals surface area contributed by atoms with Gasteiger partial charge >= 0.3 is 0 Å². The molecule has 150 valence electrons. The summed E-state index contributed by atoms with van der Waals surface area (Å²) in [6, 6.07) is 4.68. The first-order valence-electron chi connectivity index (χ1n) is 12.1. The number of phenolic OH excluding ortho intramolecular Hbond substituents is 1. The van der Waals surface area contributed by atoms with E-state index in [9.17, 15) is 5.11 Å². The lowest BCUT2D eigenvalue weighted by Crippen LogP contribution is -2.50. The van der Waals surface area contributed by atoms with Gasteiger partial charge in [0.1, 0.15) is 5.75 Å². The predicted molar refractivity (Wildman–Crippen MR) is 112 cm³/mol. The number of hydrogen-bond acceptors (Lipinski definition) is 2. The summed E-state index contributed by atoms with van der Waals surface area (Å²) >= 11 is 0. The molecule has 8 bridgehead atoms. The van der Waals surface area contributed by atoms with Crippen molar-refractivity contribution in [3.8, 4) is 5.75 Å². The van der Waals surface area contributed by atoms with E-state index >= 15 is 0 Å². The van der Waals surface area contributed by atoms with Crippen LogP contribution in [0.25, 0.3) is 0 Å². The normalized spacial score (nSPS) is 50.4. The van der Waals surface area contributed by atoms with Crippen LogP contribution < -0.4 is 5.73 Å². The van der Waals surface area contributed by atoms with Crippen LogP contribution in [0.2, 0.25) is 0 Å². The minimum atomic E-state index is 0.227. The highest BCUT2D eigenvalue weighted by Crippen LogP contribution is 2.64. The molecule has 28 heavy (non-hydrogen) atoms. The smallest absolute Gasteiger partial charge is 0.142 e. The number of anilines is 1. The molecule has 8 saturated carbocycles. The number of hydrogen-bond donors (Lipinski definition) is 2. The first-order chi connectivity index (χ1) is 13.5.